The average molecular weight is 370 g/mol. The second-order valence-electron chi connectivity index (χ2n) is 6.69. The Balaban J connectivity index is 1.61. The minimum absolute atomic E-state index is 0.0955. The Morgan fingerprint density at radius 1 is 1.26 bits per heavy atom. The molecule has 1 fully saturated rings. The van der Waals surface area contributed by atoms with Crippen LogP contribution < -0.4 is 0 Å². The summed E-state index contributed by atoms with van der Waals surface area (Å²) in [6, 6.07) is 9.42. The highest BCUT2D eigenvalue weighted by atomic mass is 16.4. The summed E-state index contributed by atoms with van der Waals surface area (Å²) in [5, 5.41) is 13.3. The minimum Gasteiger partial charge on any atom is -0.481 e. The van der Waals surface area contributed by atoms with Crippen LogP contribution in [0.25, 0.3) is 5.69 Å². The first-order valence-corrected chi connectivity index (χ1v) is 8.82. The molecule has 0 radical (unpaired) electrons. The van der Waals surface area contributed by atoms with Crippen molar-refractivity contribution < 1.29 is 19.5 Å². The van der Waals surface area contributed by atoms with Crippen molar-refractivity contribution in [2.75, 3.05) is 26.7 Å². The van der Waals surface area contributed by atoms with Gasteiger partial charge in [-0.25, -0.2) is 4.68 Å². The topological polar surface area (TPSA) is 95.7 Å². The summed E-state index contributed by atoms with van der Waals surface area (Å²) in [6.45, 7) is 0.625. The van der Waals surface area contributed by atoms with Crippen molar-refractivity contribution in [2.24, 2.45) is 5.92 Å². The first-order valence-electron chi connectivity index (χ1n) is 8.82. The summed E-state index contributed by atoms with van der Waals surface area (Å²) in [5.41, 5.74) is 1.22. The largest absolute Gasteiger partial charge is 0.481 e. The van der Waals surface area contributed by atoms with Crippen molar-refractivity contribution >= 4 is 17.8 Å². The lowest BCUT2D eigenvalue weighted by molar-refractivity contribution is -0.145. The molecule has 8 nitrogen and oxygen atoms in total. The Morgan fingerprint density at radius 3 is 2.70 bits per heavy atom. The molecule has 2 aromatic rings. The van der Waals surface area contributed by atoms with Gasteiger partial charge in [-0.2, -0.15) is 5.10 Å². The molecule has 0 spiro atoms. The molecule has 0 aliphatic carbocycles. The van der Waals surface area contributed by atoms with E-state index < -0.39 is 11.9 Å². The number of likely N-dealkylation sites (N-methyl/N-ethyl adjacent to an activating group) is 1. The molecule has 1 atom stereocenters. The number of nitrogens with zero attached hydrogens (tertiary/aromatic N) is 4. The third-order valence-corrected chi connectivity index (χ3v) is 4.69. The summed E-state index contributed by atoms with van der Waals surface area (Å²) < 4.78 is 1.60. The number of hydrogen-bond acceptors (Lipinski definition) is 4. The van der Waals surface area contributed by atoms with Crippen molar-refractivity contribution in [3.63, 3.8) is 0 Å². The van der Waals surface area contributed by atoms with Crippen molar-refractivity contribution in [3.8, 4) is 5.69 Å². The third kappa shape index (κ3) is 4.33. The number of aliphatic carboxylic acids is 1. The lowest BCUT2D eigenvalue weighted by atomic mass is 9.98. The molecule has 1 aliphatic heterocycles. The molecule has 1 N–H and O–H groups in total. The number of carboxylic acids is 1. The average Bonchev–Trinajstić information content (AvgIpc) is 3.18. The van der Waals surface area contributed by atoms with E-state index in [0.29, 0.717) is 24.9 Å². The summed E-state index contributed by atoms with van der Waals surface area (Å²) in [5.74, 6) is -1.97. The van der Waals surface area contributed by atoms with E-state index in [0.717, 1.165) is 5.69 Å². The van der Waals surface area contributed by atoms with Gasteiger partial charge in [-0.05, 0) is 25.0 Å². The fourth-order valence-electron chi connectivity index (χ4n) is 3.16. The monoisotopic (exact) mass is 370 g/mol. The molecule has 27 heavy (non-hydrogen) atoms. The summed E-state index contributed by atoms with van der Waals surface area (Å²) >= 11 is 0. The van der Waals surface area contributed by atoms with Gasteiger partial charge in [0, 0.05) is 26.3 Å². The van der Waals surface area contributed by atoms with Gasteiger partial charge in [0.1, 0.15) is 0 Å². The predicted molar refractivity (Wildman–Crippen MR) is 97.5 cm³/mol. The molecule has 1 aromatic carbocycles. The SMILES string of the molecule is CN(CC(=O)N1CCCC(C(=O)O)C1)C(=O)c1cnn(-c2ccccc2)c1. The van der Waals surface area contributed by atoms with E-state index in [1.807, 2.05) is 30.3 Å². The van der Waals surface area contributed by atoms with Gasteiger partial charge in [-0.1, -0.05) is 18.2 Å². The van der Waals surface area contributed by atoms with Gasteiger partial charge in [0.25, 0.3) is 5.91 Å². The summed E-state index contributed by atoms with van der Waals surface area (Å²) in [7, 11) is 1.55. The number of carboxylic acid groups (broad SMARTS) is 1. The highest BCUT2D eigenvalue weighted by Gasteiger charge is 2.29. The van der Waals surface area contributed by atoms with E-state index in [2.05, 4.69) is 5.10 Å². The number of rotatable bonds is 5. The molecule has 0 bridgehead atoms. The number of para-hydroxylation sites is 1. The minimum atomic E-state index is -0.884. The third-order valence-electron chi connectivity index (χ3n) is 4.69. The molecule has 142 valence electrons. The molecular weight excluding hydrogens is 348 g/mol. The van der Waals surface area contributed by atoms with E-state index in [1.165, 1.54) is 16.0 Å². The van der Waals surface area contributed by atoms with Crippen molar-refractivity contribution in [2.45, 2.75) is 12.8 Å². The Labute approximate surface area is 157 Å². The van der Waals surface area contributed by atoms with E-state index in [4.69, 9.17) is 5.11 Å². The number of hydrogen-bond donors (Lipinski definition) is 1. The van der Waals surface area contributed by atoms with Gasteiger partial charge < -0.3 is 14.9 Å². The number of piperidine rings is 1. The quantitative estimate of drug-likeness (QED) is 0.855. The van der Waals surface area contributed by atoms with Gasteiger partial charge in [0.15, 0.2) is 0 Å². The summed E-state index contributed by atoms with van der Waals surface area (Å²) in [6.07, 6.45) is 4.33. The number of amides is 2. The van der Waals surface area contributed by atoms with Crippen LogP contribution in [0.15, 0.2) is 42.7 Å². The maximum absolute atomic E-state index is 12.6. The number of likely N-dealkylation sites (tertiary alicyclic amines) is 1. The van der Waals surface area contributed by atoms with Crippen LogP contribution in [0.5, 0.6) is 0 Å². The Kier molecular flexibility index (Phi) is 5.54. The molecule has 1 aliphatic rings. The summed E-state index contributed by atoms with van der Waals surface area (Å²) in [4.78, 5) is 39.1. The van der Waals surface area contributed by atoms with Crippen molar-refractivity contribution in [1.82, 2.24) is 19.6 Å². The van der Waals surface area contributed by atoms with Crippen LogP contribution in [0.1, 0.15) is 23.2 Å². The van der Waals surface area contributed by atoms with Crippen molar-refractivity contribution in [3.05, 3.63) is 48.3 Å². The Bertz CT molecular complexity index is 833. The fourth-order valence-corrected chi connectivity index (χ4v) is 3.16. The second-order valence-corrected chi connectivity index (χ2v) is 6.69. The molecule has 8 heteroatoms. The molecule has 1 saturated heterocycles. The first-order chi connectivity index (χ1) is 13.0. The molecule has 1 aromatic heterocycles. The Morgan fingerprint density at radius 2 is 2.00 bits per heavy atom. The highest BCUT2D eigenvalue weighted by molar-refractivity contribution is 5.96. The van der Waals surface area contributed by atoms with Crippen LogP contribution in [0.4, 0.5) is 0 Å². The number of aromatic nitrogens is 2. The standard InChI is InChI=1S/C19H22N4O4/c1-21(13-17(24)22-9-5-6-14(11-22)19(26)27)18(25)15-10-20-23(12-15)16-7-3-2-4-8-16/h2-4,7-8,10,12,14H,5-6,9,11,13H2,1H3,(H,26,27). The maximum Gasteiger partial charge on any atom is 0.308 e. The smallest absolute Gasteiger partial charge is 0.308 e. The van der Waals surface area contributed by atoms with Gasteiger partial charge in [-0.15, -0.1) is 0 Å². The second kappa shape index (κ2) is 8.03. The first kappa shape index (κ1) is 18.6. The molecule has 0 saturated carbocycles. The van der Waals surface area contributed by atoms with Crippen LogP contribution in [-0.2, 0) is 9.59 Å². The van der Waals surface area contributed by atoms with Gasteiger partial charge in [0.05, 0.1) is 29.9 Å². The van der Waals surface area contributed by atoms with Crippen LogP contribution in [0.2, 0.25) is 0 Å². The van der Waals surface area contributed by atoms with Crippen LogP contribution >= 0.6 is 0 Å². The highest BCUT2D eigenvalue weighted by Crippen LogP contribution is 2.17. The zero-order valence-electron chi connectivity index (χ0n) is 15.1. The normalized spacial score (nSPS) is 16.8. The maximum atomic E-state index is 12.6. The molecule has 2 heterocycles. The van der Waals surface area contributed by atoms with Crippen LogP contribution in [0.3, 0.4) is 0 Å². The van der Waals surface area contributed by atoms with E-state index in [9.17, 15) is 14.4 Å². The zero-order valence-corrected chi connectivity index (χ0v) is 15.1. The predicted octanol–water partition coefficient (Wildman–Crippen LogP) is 1.27. The lowest BCUT2D eigenvalue weighted by Crippen LogP contribution is -2.46. The van der Waals surface area contributed by atoms with Crippen LogP contribution in [0, 0.1) is 5.92 Å². The van der Waals surface area contributed by atoms with E-state index in [1.54, 1.807) is 17.9 Å². The Hall–Kier alpha value is -3.16. The van der Waals surface area contributed by atoms with E-state index in [-0.39, 0.29) is 24.9 Å². The zero-order chi connectivity index (χ0) is 19.4. The van der Waals surface area contributed by atoms with Crippen LogP contribution in [-0.4, -0.2) is 69.2 Å². The number of carbonyl (C=O) groups is 3. The van der Waals surface area contributed by atoms with E-state index >= 15 is 0 Å². The number of benzene rings is 1. The van der Waals surface area contributed by atoms with Gasteiger partial charge in [0.2, 0.25) is 5.91 Å². The molecule has 2 amide bonds. The lowest BCUT2D eigenvalue weighted by Gasteiger charge is -2.31. The van der Waals surface area contributed by atoms with Gasteiger partial charge in [-0.3, -0.25) is 14.4 Å². The fraction of sp³-hybridized carbons (Fsp3) is 0.368. The molecular formula is C19H22N4O4. The molecule has 1 unspecified atom stereocenters. The molecule has 3 rings (SSSR count). The number of carbonyl (C=O) groups excluding carboxylic acids is 2. The van der Waals surface area contributed by atoms with Gasteiger partial charge >= 0.3 is 5.97 Å². The van der Waals surface area contributed by atoms with Crippen molar-refractivity contribution in [1.29, 1.82) is 0 Å².